The molecule has 30 heavy (non-hydrogen) atoms. The molecule has 0 atom stereocenters. The van der Waals surface area contributed by atoms with Crippen LogP contribution < -0.4 is 9.64 Å². The number of hydrogen-bond donors (Lipinski definition) is 0. The number of carbonyl (C=O) groups is 1. The van der Waals surface area contributed by atoms with Gasteiger partial charge in [0.2, 0.25) is 0 Å². The minimum absolute atomic E-state index is 0.0769. The molecule has 0 N–H and O–H groups in total. The SMILES string of the molecule is CCOc1ccc(/C=C2\C=C(c3ccc(Cl)cc3)N(c3cccc(Br)c3)C2=O)cc1. The molecule has 3 aromatic rings. The van der Waals surface area contributed by atoms with Crippen molar-refractivity contribution in [2.45, 2.75) is 6.92 Å². The van der Waals surface area contributed by atoms with Crippen molar-refractivity contribution in [3.8, 4) is 5.75 Å². The minimum Gasteiger partial charge on any atom is -0.494 e. The summed E-state index contributed by atoms with van der Waals surface area (Å²) < 4.78 is 6.41. The number of ether oxygens (including phenoxy) is 1. The summed E-state index contributed by atoms with van der Waals surface area (Å²) in [6.45, 7) is 2.57. The monoisotopic (exact) mass is 479 g/mol. The minimum atomic E-state index is -0.0769. The first-order chi connectivity index (χ1) is 14.5. The van der Waals surface area contributed by atoms with Crippen LogP contribution in [0.15, 0.2) is 88.9 Å². The highest BCUT2D eigenvalue weighted by Gasteiger charge is 2.30. The zero-order valence-corrected chi connectivity index (χ0v) is 18.7. The van der Waals surface area contributed by atoms with E-state index in [-0.39, 0.29) is 5.91 Å². The molecular formula is C25H19BrClNO2. The highest BCUT2D eigenvalue weighted by Crippen LogP contribution is 2.36. The maximum Gasteiger partial charge on any atom is 0.262 e. The van der Waals surface area contributed by atoms with Gasteiger partial charge in [0.1, 0.15) is 5.75 Å². The third-order valence-electron chi connectivity index (χ3n) is 4.70. The summed E-state index contributed by atoms with van der Waals surface area (Å²) >= 11 is 9.57. The lowest BCUT2D eigenvalue weighted by atomic mass is 10.1. The van der Waals surface area contributed by atoms with Crippen molar-refractivity contribution in [1.29, 1.82) is 0 Å². The molecule has 0 bridgehead atoms. The predicted octanol–water partition coefficient (Wildman–Crippen LogP) is 6.97. The number of nitrogens with zero attached hydrogens (tertiary/aromatic N) is 1. The molecule has 3 aromatic carbocycles. The van der Waals surface area contributed by atoms with E-state index < -0.39 is 0 Å². The molecule has 1 heterocycles. The molecule has 0 spiro atoms. The average molecular weight is 481 g/mol. The van der Waals surface area contributed by atoms with Crippen molar-refractivity contribution in [1.82, 2.24) is 0 Å². The molecule has 0 radical (unpaired) electrons. The summed E-state index contributed by atoms with van der Waals surface area (Å²) in [7, 11) is 0. The molecule has 4 rings (SSSR count). The number of hydrogen-bond acceptors (Lipinski definition) is 2. The first-order valence-corrected chi connectivity index (χ1v) is 10.7. The van der Waals surface area contributed by atoms with Gasteiger partial charge in [-0.3, -0.25) is 9.69 Å². The summed E-state index contributed by atoms with van der Waals surface area (Å²) in [6, 6.07) is 22.9. The van der Waals surface area contributed by atoms with Gasteiger partial charge >= 0.3 is 0 Å². The van der Waals surface area contributed by atoms with Crippen LogP contribution in [0.5, 0.6) is 5.75 Å². The number of halogens is 2. The van der Waals surface area contributed by atoms with Gasteiger partial charge in [-0.05, 0) is 72.7 Å². The molecule has 5 heteroatoms. The zero-order chi connectivity index (χ0) is 21.1. The lowest BCUT2D eigenvalue weighted by Crippen LogP contribution is -2.24. The van der Waals surface area contributed by atoms with E-state index in [4.69, 9.17) is 16.3 Å². The van der Waals surface area contributed by atoms with Crippen LogP contribution in [0.3, 0.4) is 0 Å². The van der Waals surface area contributed by atoms with E-state index in [1.165, 1.54) is 0 Å². The quantitative estimate of drug-likeness (QED) is 0.369. The van der Waals surface area contributed by atoms with Crippen LogP contribution >= 0.6 is 27.5 Å². The van der Waals surface area contributed by atoms with E-state index >= 15 is 0 Å². The van der Waals surface area contributed by atoms with Crippen molar-refractivity contribution in [2.24, 2.45) is 0 Å². The van der Waals surface area contributed by atoms with Gasteiger partial charge in [-0.15, -0.1) is 0 Å². The fourth-order valence-corrected chi connectivity index (χ4v) is 3.84. The molecule has 0 fully saturated rings. The van der Waals surface area contributed by atoms with Crippen molar-refractivity contribution in [3.05, 3.63) is 105 Å². The number of rotatable bonds is 5. The van der Waals surface area contributed by atoms with Gasteiger partial charge < -0.3 is 4.74 Å². The summed E-state index contributed by atoms with van der Waals surface area (Å²) in [5.74, 6) is 0.734. The Balaban J connectivity index is 1.76. The van der Waals surface area contributed by atoms with Crippen LogP contribution in [-0.4, -0.2) is 12.5 Å². The zero-order valence-electron chi connectivity index (χ0n) is 16.3. The maximum absolute atomic E-state index is 13.4. The maximum atomic E-state index is 13.4. The van der Waals surface area contributed by atoms with Gasteiger partial charge in [-0.2, -0.15) is 0 Å². The van der Waals surface area contributed by atoms with E-state index in [0.29, 0.717) is 17.2 Å². The van der Waals surface area contributed by atoms with Crippen LogP contribution in [0.4, 0.5) is 5.69 Å². The normalized spacial score (nSPS) is 14.9. The third-order valence-corrected chi connectivity index (χ3v) is 5.45. The van der Waals surface area contributed by atoms with Gasteiger partial charge in [0.15, 0.2) is 0 Å². The van der Waals surface area contributed by atoms with Gasteiger partial charge in [0.05, 0.1) is 18.0 Å². The molecule has 1 aliphatic rings. The second kappa shape index (κ2) is 8.90. The summed E-state index contributed by atoms with van der Waals surface area (Å²) in [5, 5.41) is 0.655. The third kappa shape index (κ3) is 4.35. The van der Waals surface area contributed by atoms with Crippen molar-refractivity contribution in [3.63, 3.8) is 0 Å². The summed E-state index contributed by atoms with van der Waals surface area (Å²) in [6.07, 6.45) is 3.81. The fraction of sp³-hybridized carbons (Fsp3) is 0.0800. The van der Waals surface area contributed by atoms with Crippen molar-refractivity contribution < 1.29 is 9.53 Å². The standard InChI is InChI=1S/C25H19BrClNO2/c1-2-30-23-12-6-17(7-13-23)14-19-15-24(18-8-10-21(27)11-9-18)28(25(19)29)22-5-3-4-20(26)16-22/h3-16H,2H2,1H3/b19-14+. The number of benzene rings is 3. The Morgan fingerprint density at radius 2 is 1.77 bits per heavy atom. The number of anilines is 1. The number of amides is 1. The van der Waals surface area contributed by atoms with Gasteiger partial charge in [0.25, 0.3) is 5.91 Å². The molecule has 1 aliphatic heterocycles. The lowest BCUT2D eigenvalue weighted by molar-refractivity contribution is -0.113. The Morgan fingerprint density at radius 3 is 2.43 bits per heavy atom. The largest absolute Gasteiger partial charge is 0.494 e. The van der Waals surface area contributed by atoms with Gasteiger partial charge in [-0.1, -0.05) is 57.9 Å². The van der Waals surface area contributed by atoms with Crippen LogP contribution in [0, 0.1) is 0 Å². The number of carbonyl (C=O) groups excluding carboxylic acids is 1. The van der Waals surface area contributed by atoms with E-state index in [0.717, 1.165) is 32.7 Å². The average Bonchev–Trinajstić information content (AvgIpc) is 3.06. The Labute approximate surface area is 189 Å². The van der Waals surface area contributed by atoms with Gasteiger partial charge in [0, 0.05) is 15.1 Å². The Morgan fingerprint density at radius 1 is 1.03 bits per heavy atom. The summed E-state index contributed by atoms with van der Waals surface area (Å²) in [4.78, 5) is 15.1. The van der Waals surface area contributed by atoms with Crippen molar-refractivity contribution in [2.75, 3.05) is 11.5 Å². The lowest BCUT2D eigenvalue weighted by Gasteiger charge is -2.21. The Bertz CT molecular complexity index is 1130. The Kier molecular flexibility index (Phi) is 6.07. The molecular weight excluding hydrogens is 462 g/mol. The van der Waals surface area contributed by atoms with E-state index in [1.807, 2.05) is 91.9 Å². The molecule has 0 aliphatic carbocycles. The second-order valence-corrected chi connectivity index (χ2v) is 8.11. The molecule has 3 nitrogen and oxygen atoms in total. The van der Waals surface area contributed by atoms with Crippen molar-refractivity contribution >= 4 is 50.9 Å². The molecule has 0 unspecified atom stereocenters. The highest BCUT2D eigenvalue weighted by atomic mass is 79.9. The smallest absolute Gasteiger partial charge is 0.262 e. The molecule has 150 valence electrons. The predicted molar refractivity (Wildman–Crippen MR) is 127 cm³/mol. The Hall–Kier alpha value is -2.82. The highest BCUT2D eigenvalue weighted by molar-refractivity contribution is 9.10. The van der Waals surface area contributed by atoms with Crippen LogP contribution in [0.2, 0.25) is 5.02 Å². The molecule has 0 aromatic heterocycles. The van der Waals surface area contributed by atoms with Crippen LogP contribution in [0.25, 0.3) is 11.8 Å². The first-order valence-electron chi connectivity index (χ1n) is 9.57. The molecule has 0 saturated carbocycles. The molecule has 1 amide bonds. The first kappa shape index (κ1) is 20.5. The van der Waals surface area contributed by atoms with E-state index in [9.17, 15) is 4.79 Å². The van der Waals surface area contributed by atoms with E-state index in [1.54, 1.807) is 4.90 Å². The summed E-state index contributed by atoms with van der Waals surface area (Å²) in [5.41, 5.74) is 4.08. The topological polar surface area (TPSA) is 29.5 Å². The molecule has 0 saturated heterocycles. The van der Waals surface area contributed by atoms with E-state index in [2.05, 4.69) is 15.9 Å². The second-order valence-electron chi connectivity index (χ2n) is 6.76. The van der Waals surface area contributed by atoms with Gasteiger partial charge in [-0.25, -0.2) is 0 Å². The van der Waals surface area contributed by atoms with Crippen LogP contribution in [0.1, 0.15) is 18.1 Å². The van der Waals surface area contributed by atoms with Crippen LogP contribution in [-0.2, 0) is 4.79 Å². The fourth-order valence-electron chi connectivity index (χ4n) is 3.33.